The minimum atomic E-state index is -0.273. The molecule has 0 saturated heterocycles. The van der Waals surface area contributed by atoms with Crippen molar-refractivity contribution in [1.82, 2.24) is 5.01 Å². The van der Waals surface area contributed by atoms with Crippen molar-refractivity contribution < 1.29 is 9.18 Å². The van der Waals surface area contributed by atoms with Gasteiger partial charge in [0, 0.05) is 29.1 Å². The van der Waals surface area contributed by atoms with Crippen LogP contribution in [-0.2, 0) is 4.79 Å². The number of hydrogen-bond acceptors (Lipinski definition) is 3. The van der Waals surface area contributed by atoms with Crippen molar-refractivity contribution in [2.75, 3.05) is 5.75 Å². The topological polar surface area (TPSA) is 32.7 Å². The average Bonchev–Trinajstić information content (AvgIpc) is 2.96. The van der Waals surface area contributed by atoms with Crippen molar-refractivity contribution in [2.24, 2.45) is 11.0 Å². The average molecular weight is 326 g/mol. The standard InChI is InChI=1S/C18H15FN2OS/c1-11(22)21-18(12-5-3-2-4-6-12)15-10-23-16-8-7-13(19)9-14(16)17(15)20-21/h2-9,15,18H,10H2,1H3/t15-,18-/m0/s1. The van der Waals surface area contributed by atoms with E-state index in [0.717, 1.165) is 27.5 Å². The molecule has 0 spiro atoms. The highest BCUT2D eigenvalue weighted by Gasteiger charge is 2.43. The molecule has 2 aliphatic rings. The summed E-state index contributed by atoms with van der Waals surface area (Å²) in [5, 5.41) is 6.12. The molecule has 1 amide bonds. The van der Waals surface area contributed by atoms with Crippen molar-refractivity contribution in [3.05, 3.63) is 65.5 Å². The molecule has 116 valence electrons. The summed E-state index contributed by atoms with van der Waals surface area (Å²) in [6.45, 7) is 1.52. The van der Waals surface area contributed by atoms with Crippen molar-refractivity contribution in [1.29, 1.82) is 0 Å². The van der Waals surface area contributed by atoms with Crippen molar-refractivity contribution in [2.45, 2.75) is 17.9 Å². The number of amides is 1. The Morgan fingerprint density at radius 1 is 1.26 bits per heavy atom. The zero-order chi connectivity index (χ0) is 16.0. The molecule has 3 nitrogen and oxygen atoms in total. The molecule has 0 radical (unpaired) electrons. The number of hydrogen-bond donors (Lipinski definition) is 0. The number of carbonyl (C=O) groups excluding carboxylic acids is 1. The summed E-state index contributed by atoms with van der Waals surface area (Å²) in [4.78, 5) is 13.1. The number of benzene rings is 2. The normalized spacial score (nSPS) is 22.3. The zero-order valence-electron chi connectivity index (χ0n) is 12.6. The van der Waals surface area contributed by atoms with Crippen LogP contribution in [0.4, 0.5) is 4.39 Å². The third-order valence-corrected chi connectivity index (χ3v) is 5.50. The maximum atomic E-state index is 13.7. The second-order valence-electron chi connectivity index (χ2n) is 5.76. The van der Waals surface area contributed by atoms with Crippen molar-refractivity contribution in [3.63, 3.8) is 0 Å². The first-order valence-electron chi connectivity index (χ1n) is 7.51. The number of thioether (sulfide) groups is 1. The Morgan fingerprint density at radius 2 is 2.04 bits per heavy atom. The Bertz CT molecular complexity index is 806. The Morgan fingerprint density at radius 3 is 2.78 bits per heavy atom. The van der Waals surface area contributed by atoms with Gasteiger partial charge in [-0.25, -0.2) is 9.40 Å². The van der Waals surface area contributed by atoms with E-state index in [1.54, 1.807) is 22.8 Å². The molecule has 2 aromatic carbocycles. The van der Waals surface area contributed by atoms with Crippen LogP contribution >= 0.6 is 11.8 Å². The summed E-state index contributed by atoms with van der Waals surface area (Å²) in [7, 11) is 0. The van der Waals surface area contributed by atoms with E-state index in [9.17, 15) is 9.18 Å². The van der Waals surface area contributed by atoms with E-state index < -0.39 is 0 Å². The second-order valence-corrected chi connectivity index (χ2v) is 6.82. The van der Waals surface area contributed by atoms with Gasteiger partial charge in [0.25, 0.3) is 0 Å². The molecule has 2 aromatic rings. The summed E-state index contributed by atoms with van der Waals surface area (Å²) in [6, 6.07) is 14.6. The van der Waals surface area contributed by atoms with E-state index in [-0.39, 0.29) is 23.7 Å². The van der Waals surface area contributed by atoms with Gasteiger partial charge >= 0.3 is 0 Å². The fourth-order valence-electron chi connectivity index (χ4n) is 3.29. The summed E-state index contributed by atoms with van der Waals surface area (Å²) in [5.74, 6) is 0.551. The molecule has 23 heavy (non-hydrogen) atoms. The van der Waals surface area contributed by atoms with Crippen LogP contribution in [0.2, 0.25) is 0 Å². The van der Waals surface area contributed by atoms with E-state index in [1.807, 2.05) is 30.3 Å². The summed E-state index contributed by atoms with van der Waals surface area (Å²) >= 11 is 1.70. The van der Waals surface area contributed by atoms with Crippen LogP contribution in [0.25, 0.3) is 0 Å². The lowest BCUT2D eigenvalue weighted by Crippen LogP contribution is -2.31. The lowest BCUT2D eigenvalue weighted by Gasteiger charge is -2.28. The minimum Gasteiger partial charge on any atom is -0.273 e. The van der Waals surface area contributed by atoms with Gasteiger partial charge < -0.3 is 0 Å². The molecule has 0 N–H and O–H groups in total. The van der Waals surface area contributed by atoms with Gasteiger partial charge in [-0.15, -0.1) is 11.8 Å². The Labute approximate surface area is 138 Å². The fraction of sp³-hybridized carbons (Fsp3) is 0.222. The summed E-state index contributed by atoms with van der Waals surface area (Å²) in [5.41, 5.74) is 2.70. The van der Waals surface area contributed by atoms with Crippen LogP contribution in [0.3, 0.4) is 0 Å². The quantitative estimate of drug-likeness (QED) is 0.797. The SMILES string of the molecule is CC(=O)N1N=C2c3cc(F)ccc3SC[C@@H]2[C@@H]1c1ccccc1. The van der Waals surface area contributed by atoms with Gasteiger partial charge in [-0.3, -0.25) is 4.79 Å². The van der Waals surface area contributed by atoms with Gasteiger partial charge in [0.15, 0.2) is 0 Å². The molecule has 2 heterocycles. The zero-order valence-corrected chi connectivity index (χ0v) is 13.4. The maximum absolute atomic E-state index is 13.7. The minimum absolute atomic E-state index is 0.0839. The van der Waals surface area contributed by atoms with E-state index in [4.69, 9.17) is 0 Å². The van der Waals surface area contributed by atoms with E-state index in [1.165, 1.54) is 19.1 Å². The Kier molecular flexibility index (Phi) is 3.45. The smallest absolute Gasteiger partial charge is 0.240 e. The number of nitrogens with zero attached hydrogens (tertiary/aromatic N) is 2. The van der Waals surface area contributed by atoms with Gasteiger partial charge in [-0.1, -0.05) is 30.3 Å². The molecule has 2 atom stereocenters. The molecule has 4 rings (SSSR count). The predicted molar refractivity (Wildman–Crippen MR) is 88.9 cm³/mol. The monoisotopic (exact) mass is 326 g/mol. The predicted octanol–water partition coefficient (Wildman–Crippen LogP) is 3.86. The van der Waals surface area contributed by atoms with E-state index in [0.29, 0.717) is 0 Å². The van der Waals surface area contributed by atoms with Gasteiger partial charge in [0.05, 0.1) is 11.8 Å². The van der Waals surface area contributed by atoms with Crippen LogP contribution < -0.4 is 0 Å². The number of halogens is 1. The third-order valence-electron chi connectivity index (χ3n) is 4.31. The molecule has 2 aliphatic heterocycles. The van der Waals surface area contributed by atoms with Crippen LogP contribution in [-0.4, -0.2) is 22.4 Å². The molecule has 0 fully saturated rings. The first kappa shape index (κ1) is 14.5. The highest BCUT2D eigenvalue weighted by Crippen LogP contribution is 2.45. The van der Waals surface area contributed by atoms with Crippen LogP contribution in [0.1, 0.15) is 24.1 Å². The number of fused-ring (bicyclic) bond motifs is 3. The maximum Gasteiger partial charge on any atom is 0.240 e. The molecular weight excluding hydrogens is 311 g/mol. The Balaban J connectivity index is 1.83. The van der Waals surface area contributed by atoms with Gasteiger partial charge in [0.1, 0.15) is 5.82 Å². The highest BCUT2D eigenvalue weighted by atomic mass is 32.2. The largest absolute Gasteiger partial charge is 0.273 e. The van der Waals surface area contributed by atoms with Crippen molar-refractivity contribution >= 4 is 23.4 Å². The van der Waals surface area contributed by atoms with E-state index >= 15 is 0 Å². The first-order valence-corrected chi connectivity index (χ1v) is 8.49. The first-order chi connectivity index (χ1) is 11.1. The lowest BCUT2D eigenvalue weighted by atomic mass is 9.88. The number of hydrazone groups is 1. The van der Waals surface area contributed by atoms with Crippen LogP contribution in [0.5, 0.6) is 0 Å². The molecule has 0 aromatic heterocycles. The summed E-state index contributed by atoms with van der Waals surface area (Å²) < 4.78 is 13.7. The second kappa shape index (κ2) is 5.49. The third kappa shape index (κ3) is 2.36. The van der Waals surface area contributed by atoms with Gasteiger partial charge in [-0.05, 0) is 23.8 Å². The van der Waals surface area contributed by atoms with Gasteiger partial charge in [-0.2, -0.15) is 5.10 Å². The molecule has 0 saturated carbocycles. The lowest BCUT2D eigenvalue weighted by molar-refractivity contribution is -0.131. The summed E-state index contributed by atoms with van der Waals surface area (Å²) in [6.07, 6.45) is 0. The molecule has 0 bridgehead atoms. The molecule has 5 heteroatoms. The van der Waals surface area contributed by atoms with Gasteiger partial charge in [0.2, 0.25) is 5.91 Å². The Hall–Kier alpha value is -2.14. The fourth-order valence-corrected chi connectivity index (χ4v) is 4.48. The highest BCUT2D eigenvalue weighted by molar-refractivity contribution is 7.99. The van der Waals surface area contributed by atoms with Crippen molar-refractivity contribution in [3.8, 4) is 0 Å². The molecule has 0 unspecified atom stereocenters. The number of rotatable bonds is 1. The molecule has 0 aliphatic carbocycles. The molecular formula is C18H15FN2OS. The number of carbonyl (C=O) groups is 1. The van der Waals surface area contributed by atoms with Crippen LogP contribution in [0, 0.1) is 11.7 Å². The van der Waals surface area contributed by atoms with E-state index in [2.05, 4.69) is 5.10 Å². The van der Waals surface area contributed by atoms with Crippen LogP contribution in [0.15, 0.2) is 58.5 Å².